The summed E-state index contributed by atoms with van der Waals surface area (Å²) in [4.78, 5) is 18.0. The van der Waals surface area contributed by atoms with E-state index >= 15 is 0 Å². The van der Waals surface area contributed by atoms with Crippen molar-refractivity contribution in [2.75, 3.05) is 13.6 Å². The van der Waals surface area contributed by atoms with Gasteiger partial charge in [0.05, 0.1) is 11.6 Å². The molecule has 0 radical (unpaired) electrons. The fourth-order valence-electron chi connectivity index (χ4n) is 5.26. The molecule has 0 bridgehead atoms. The molecule has 1 unspecified atom stereocenters. The Balaban J connectivity index is 1.63. The third kappa shape index (κ3) is 4.28. The van der Waals surface area contributed by atoms with Crippen molar-refractivity contribution in [1.29, 1.82) is 0 Å². The Morgan fingerprint density at radius 2 is 1.92 bits per heavy atom. The zero-order valence-electron chi connectivity index (χ0n) is 15.3. The molecule has 1 aliphatic heterocycles. The molecule has 1 heterocycles. The van der Waals surface area contributed by atoms with Crippen LogP contribution >= 0.6 is 0 Å². The fraction of sp³-hybridized carbons (Fsp3) is 0.947. The lowest BCUT2D eigenvalue weighted by Crippen LogP contribution is -2.38. The molecule has 2 saturated carbocycles. The van der Waals surface area contributed by atoms with E-state index < -0.39 is 0 Å². The van der Waals surface area contributed by atoms with E-state index in [0.29, 0.717) is 11.9 Å². The van der Waals surface area contributed by atoms with Crippen molar-refractivity contribution >= 4 is 5.96 Å². The lowest BCUT2D eigenvalue weighted by atomic mass is 9.74. The van der Waals surface area contributed by atoms with Crippen LogP contribution in [0, 0.1) is 16.7 Å². The van der Waals surface area contributed by atoms with Gasteiger partial charge in [0.25, 0.3) is 0 Å². The Hall–Kier alpha value is -1.13. The molecule has 0 spiro atoms. The molecular formula is C19H34N4O. The summed E-state index contributed by atoms with van der Waals surface area (Å²) in [6.07, 6.45) is 14.8. The molecular weight excluding hydrogens is 300 g/mol. The first kappa shape index (κ1) is 17.7. The molecule has 0 aromatic carbocycles. The van der Waals surface area contributed by atoms with Crippen molar-refractivity contribution in [2.45, 2.75) is 88.6 Å². The Morgan fingerprint density at radius 1 is 1.17 bits per heavy atom. The largest absolute Gasteiger partial charge is 0.370 e. The highest BCUT2D eigenvalue weighted by Crippen LogP contribution is 2.40. The van der Waals surface area contributed by atoms with Crippen LogP contribution in [0.1, 0.15) is 77.0 Å². The van der Waals surface area contributed by atoms with Gasteiger partial charge in [-0.15, -0.1) is 0 Å². The molecule has 136 valence electrons. The predicted octanol–water partition coefficient (Wildman–Crippen LogP) is 4.06. The number of nitrogens with zero attached hydrogens (tertiary/aromatic N) is 3. The second kappa shape index (κ2) is 7.83. The minimum atomic E-state index is -0.0221. The molecule has 3 atom stereocenters. The van der Waals surface area contributed by atoms with Crippen LogP contribution in [0.15, 0.2) is 10.2 Å². The second-order valence-electron chi connectivity index (χ2n) is 8.59. The van der Waals surface area contributed by atoms with E-state index in [1.807, 2.05) is 0 Å². The number of nitroso groups, excluding NO2 is 1. The third-order valence-electron chi connectivity index (χ3n) is 6.59. The van der Waals surface area contributed by atoms with Crippen LogP contribution in [-0.2, 0) is 0 Å². The van der Waals surface area contributed by atoms with Gasteiger partial charge in [-0.3, -0.25) is 0 Å². The van der Waals surface area contributed by atoms with Gasteiger partial charge in [0, 0.05) is 13.6 Å². The molecule has 0 aromatic rings. The van der Waals surface area contributed by atoms with Crippen LogP contribution in [0.3, 0.4) is 0 Å². The van der Waals surface area contributed by atoms with Gasteiger partial charge < -0.3 is 10.6 Å². The second-order valence-corrected chi connectivity index (χ2v) is 8.59. The predicted molar refractivity (Wildman–Crippen MR) is 99.0 cm³/mol. The highest BCUT2D eigenvalue weighted by molar-refractivity contribution is 5.80. The van der Waals surface area contributed by atoms with E-state index in [1.165, 1.54) is 44.9 Å². The zero-order valence-corrected chi connectivity index (χ0v) is 15.3. The normalized spacial score (nSPS) is 35.0. The summed E-state index contributed by atoms with van der Waals surface area (Å²) < 4.78 is 0. The molecule has 2 N–H and O–H groups in total. The molecule has 0 saturated heterocycles. The number of nitrogens with two attached hydrogens (primary N) is 1. The van der Waals surface area contributed by atoms with E-state index in [9.17, 15) is 4.91 Å². The van der Waals surface area contributed by atoms with Gasteiger partial charge in [0.1, 0.15) is 0 Å². The van der Waals surface area contributed by atoms with Crippen LogP contribution in [0.2, 0.25) is 0 Å². The summed E-state index contributed by atoms with van der Waals surface area (Å²) in [5, 5.41) is 3.32. The van der Waals surface area contributed by atoms with Gasteiger partial charge >= 0.3 is 0 Å². The highest BCUT2D eigenvalue weighted by Gasteiger charge is 2.40. The molecule has 24 heavy (non-hydrogen) atoms. The van der Waals surface area contributed by atoms with E-state index in [-0.39, 0.29) is 11.6 Å². The SMILES string of the molecule is CN1C[C@@](CCC2CCCCC2)(C[C@@H]2CCCC(N=O)C2)N=C1N. The van der Waals surface area contributed by atoms with Crippen LogP contribution in [-0.4, -0.2) is 36.0 Å². The Kier molecular flexibility index (Phi) is 5.77. The van der Waals surface area contributed by atoms with Gasteiger partial charge in [-0.25, -0.2) is 4.99 Å². The van der Waals surface area contributed by atoms with Gasteiger partial charge in [-0.2, -0.15) is 4.91 Å². The third-order valence-corrected chi connectivity index (χ3v) is 6.59. The van der Waals surface area contributed by atoms with E-state index in [2.05, 4.69) is 17.1 Å². The van der Waals surface area contributed by atoms with Crippen molar-refractivity contribution in [1.82, 2.24) is 4.90 Å². The summed E-state index contributed by atoms with van der Waals surface area (Å²) in [6, 6.07) is 0.0274. The maximum Gasteiger partial charge on any atom is 0.191 e. The Labute approximate surface area is 146 Å². The molecule has 2 fully saturated rings. The standard InChI is InChI=1S/C19H34N4O/c1-23-14-19(21-18(23)20,11-10-15-6-3-2-4-7-15)13-16-8-5-9-17(12-16)22-24/h15-17H,2-14H2,1H3,(H2,20,21)/t16-,17?,19-/m1/s1. The van der Waals surface area contributed by atoms with Crippen LogP contribution in [0.5, 0.6) is 0 Å². The van der Waals surface area contributed by atoms with Gasteiger partial charge in [-0.05, 0) is 43.9 Å². The van der Waals surface area contributed by atoms with Crippen molar-refractivity contribution in [3.8, 4) is 0 Å². The molecule has 0 aromatic heterocycles. The van der Waals surface area contributed by atoms with Crippen molar-refractivity contribution < 1.29 is 0 Å². The average Bonchev–Trinajstić information content (AvgIpc) is 2.88. The Morgan fingerprint density at radius 3 is 2.58 bits per heavy atom. The molecule has 0 amide bonds. The molecule has 3 aliphatic rings. The van der Waals surface area contributed by atoms with Gasteiger partial charge in [-0.1, -0.05) is 50.1 Å². The van der Waals surface area contributed by atoms with E-state index in [4.69, 9.17) is 10.7 Å². The summed E-state index contributed by atoms with van der Waals surface area (Å²) in [5.74, 6) is 2.16. The molecule has 5 nitrogen and oxygen atoms in total. The number of likely N-dealkylation sites (N-methyl/N-ethyl adjacent to an activating group) is 1. The lowest BCUT2D eigenvalue weighted by Gasteiger charge is -2.35. The maximum absolute atomic E-state index is 11.0. The van der Waals surface area contributed by atoms with Crippen molar-refractivity contribution in [3.63, 3.8) is 0 Å². The fourth-order valence-corrected chi connectivity index (χ4v) is 5.26. The summed E-state index contributed by atoms with van der Waals surface area (Å²) in [7, 11) is 2.05. The number of aliphatic imine (C=N–C) groups is 1. The first-order valence-corrected chi connectivity index (χ1v) is 9.99. The van der Waals surface area contributed by atoms with Crippen LogP contribution < -0.4 is 5.73 Å². The summed E-state index contributed by atoms with van der Waals surface area (Å²) >= 11 is 0. The van der Waals surface area contributed by atoms with Crippen LogP contribution in [0.4, 0.5) is 0 Å². The topological polar surface area (TPSA) is 71.0 Å². The summed E-state index contributed by atoms with van der Waals surface area (Å²) in [6.45, 7) is 0.946. The van der Waals surface area contributed by atoms with Crippen molar-refractivity contribution in [2.24, 2.45) is 27.7 Å². The molecule has 2 aliphatic carbocycles. The quantitative estimate of drug-likeness (QED) is 0.745. The first-order valence-electron chi connectivity index (χ1n) is 9.99. The van der Waals surface area contributed by atoms with Gasteiger partial charge in [0.2, 0.25) is 0 Å². The van der Waals surface area contributed by atoms with Crippen LogP contribution in [0.25, 0.3) is 0 Å². The van der Waals surface area contributed by atoms with E-state index in [0.717, 1.165) is 44.6 Å². The maximum atomic E-state index is 11.0. The minimum absolute atomic E-state index is 0.0221. The molecule has 5 heteroatoms. The minimum Gasteiger partial charge on any atom is -0.370 e. The number of hydrogen-bond acceptors (Lipinski definition) is 5. The van der Waals surface area contributed by atoms with Gasteiger partial charge in [0.15, 0.2) is 5.96 Å². The lowest BCUT2D eigenvalue weighted by molar-refractivity contribution is 0.207. The molecule has 3 rings (SSSR count). The van der Waals surface area contributed by atoms with E-state index in [1.54, 1.807) is 0 Å². The Bertz CT molecular complexity index is 460. The first-order chi connectivity index (χ1) is 11.6. The van der Waals surface area contributed by atoms with Crippen molar-refractivity contribution in [3.05, 3.63) is 4.91 Å². The number of guanidine groups is 1. The number of rotatable bonds is 6. The highest BCUT2D eigenvalue weighted by atomic mass is 16.3. The smallest absolute Gasteiger partial charge is 0.191 e. The zero-order chi connectivity index (χ0) is 17.0. The monoisotopic (exact) mass is 334 g/mol. The summed E-state index contributed by atoms with van der Waals surface area (Å²) in [5.41, 5.74) is 6.11. The number of hydrogen-bond donors (Lipinski definition) is 1. The average molecular weight is 335 g/mol.